The van der Waals surface area contributed by atoms with E-state index < -0.39 is 11.7 Å². The summed E-state index contributed by atoms with van der Waals surface area (Å²) in [4.78, 5) is 23.2. The number of halogens is 2. The van der Waals surface area contributed by atoms with E-state index in [-0.39, 0.29) is 29.1 Å². The van der Waals surface area contributed by atoms with Crippen LogP contribution >= 0.6 is 15.9 Å². The fourth-order valence-electron chi connectivity index (χ4n) is 2.11. The van der Waals surface area contributed by atoms with Crippen molar-refractivity contribution >= 4 is 33.4 Å². The molecular weight excluding hydrogens is 363 g/mol. The van der Waals surface area contributed by atoms with E-state index in [1.165, 1.54) is 13.0 Å². The standard InChI is InChI=1S/C17H16BrFN2O2/c1-10-14(19)8-12(17(20)23)9-15(10)21-16(22)6-5-11-3-2-4-13(18)7-11/h2-4,7-9H,5-6H2,1H3,(H2,20,23)(H,21,22). The third kappa shape index (κ3) is 4.63. The Labute approximate surface area is 142 Å². The number of hydrogen-bond acceptors (Lipinski definition) is 2. The van der Waals surface area contributed by atoms with Crippen molar-refractivity contribution in [1.29, 1.82) is 0 Å². The smallest absolute Gasteiger partial charge is 0.248 e. The van der Waals surface area contributed by atoms with E-state index in [0.717, 1.165) is 16.1 Å². The fourth-order valence-corrected chi connectivity index (χ4v) is 2.56. The van der Waals surface area contributed by atoms with Crippen LogP contribution in [0.3, 0.4) is 0 Å². The maximum absolute atomic E-state index is 13.8. The van der Waals surface area contributed by atoms with E-state index in [2.05, 4.69) is 21.2 Å². The highest BCUT2D eigenvalue weighted by atomic mass is 79.9. The highest BCUT2D eigenvalue weighted by Crippen LogP contribution is 2.21. The molecule has 0 aliphatic carbocycles. The summed E-state index contributed by atoms with van der Waals surface area (Å²) in [5.41, 5.74) is 6.73. The normalized spacial score (nSPS) is 10.4. The van der Waals surface area contributed by atoms with E-state index in [4.69, 9.17) is 5.73 Å². The molecular formula is C17H16BrFN2O2. The van der Waals surface area contributed by atoms with Crippen LogP contribution in [0.2, 0.25) is 0 Å². The maximum Gasteiger partial charge on any atom is 0.248 e. The van der Waals surface area contributed by atoms with Gasteiger partial charge in [0.15, 0.2) is 0 Å². The second-order valence-corrected chi connectivity index (χ2v) is 6.09. The quantitative estimate of drug-likeness (QED) is 0.834. The Kier molecular flexibility index (Phi) is 5.50. The van der Waals surface area contributed by atoms with Crippen LogP contribution in [0.5, 0.6) is 0 Å². The molecule has 0 aliphatic rings. The monoisotopic (exact) mass is 378 g/mol. The van der Waals surface area contributed by atoms with Gasteiger partial charge in [-0.15, -0.1) is 0 Å². The lowest BCUT2D eigenvalue weighted by Crippen LogP contribution is -2.16. The number of hydrogen-bond donors (Lipinski definition) is 2. The Bertz CT molecular complexity index is 762. The van der Waals surface area contributed by atoms with Crippen LogP contribution in [0, 0.1) is 12.7 Å². The number of carbonyl (C=O) groups excluding carboxylic acids is 2. The van der Waals surface area contributed by atoms with E-state index in [0.29, 0.717) is 6.42 Å². The zero-order chi connectivity index (χ0) is 17.0. The third-order valence-electron chi connectivity index (χ3n) is 3.43. The molecule has 0 aromatic heterocycles. The fraction of sp³-hybridized carbons (Fsp3) is 0.176. The number of carbonyl (C=O) groups is 2. The number of amides is 2. The van der Waals surface area contributed by atoms with Crippen molar-refractivity contribution in [3.05, 3.63) is 63.4 Å². The molecule has 6 heteroatoms. The molecule has 2 aromatic rings. The first-order chi connectivity index (χ1) is 10.9. The molecule has 23 heavy (non-hydrogen) atoms. The summed E-state index contributed by atoms with van der Waals surface area (Å²) >= 11 is 3.38. The summed E-state index contributed by atoms with van der Waals surface area (Å²) in [5, 5.41) is 2.63. The van der Waals surface area contributed by atoms with Crippen molar-refractivity contribution in [2.75, 3.05) is 5.32 Å². The van der Waals surface area contributed by atoms with Gasteiger partial charge in [-0.2, -0.15) is 0 Å². The lowest BCUT2D eigenvalue weighted by molar-refractivity contribution is -0.116. The van der Waals surface area contributed by atoms with Gasteiger partial charge in [-0.05, 0) is 43.2 Å². The SMILES string of the molecule is Cc1c(F)cc(C(N)=O)cc1NC(=O)CCc1cccc(Br)c1. The highest BCUT2D eigenvalue weighted by Gasteiger charge is 2.12. The number of nitrogens with one attached hydrogen (secondary N) is 1. The molecule has 0 saturated heterocycles. The van der Waals surface area contributed by atoms with Crippen molar-refractivity contribution in [3.8, 4) is 0 Å². The first kappa shape index (κ1) is 17.1. The zero-order valence-corrected chi connectivity index (χ0v) is 14.1. The second kappa shape index (κ2) is 7.37. The first-order valence-corrected chi connectivity index (χ1v) is 7.80. The van der Waals surface area contributed by atoms with Gasteiger partial charge in [-0.3, -0.25) is 9.59 Å². The van der Waals surface area contributed by atoms with E-state index in [9.17, 15) is 14.0 Å². The molecule has 2 rings (SSSR count). The molecule has 2 aromatic carbocycles. The Morgan fingerprint density at radius 1 is 1.26 bits per heavy atom. The molecule has 0 saturated carbocycles. The lowest BCUT2D eigenvalue weighted by Gasteiger charge is -2.11. The molecule has 0 heterocycles. The van der Waals surface area contributed by atoms with E-state index in [1.54, 1.807) is 0 Å². The van der Waals surface area contributed by atoms with Gasteiger partial charge >= 0.3 is 0 Å². The molecule has 0 atom stereocenters. The van der Waals surface area contributed by atoms with Crippen molar-refractivity contribution in [3.63, 3.8) is 0 Å². The van der Waals surface area contributed by atoms with E-state index >= 15 is 0 Å². The minimum atomic E-state index is -0.742. The molecule has 0 aliphatic heterocycles. The maximum atomic E-state index is 13.8. The Balaban J connectivity index is 2.06. The second-order valence-electron chi connectivity index (χ2n) is 5.17. The van der Waals surface area contributed by atoms with E-state index in [1.807, 2.05) is 24.3 Å². The van der Waals surface area contributed by atoms with Crippen LogP contribution in [-0.2, 0) is 11.2 Å². The highest BCUT2D eigenvalue weighted by molar-refractivity contribution is 9.10. The molecule has 0 radical (unpaired) electrons. The number of primary amides is 1. The lowest BCUT2D eigenvalue weighted by atomic mass is 10.1. The Hall–Kier alpha value is -2.21. The van der Waals surface area contributed by atoms with Gasteiger partial charge < -0.3 is 11.1 Å². The summed E-state index contributed by atoms with van der Waals surface area (Å²) in [6.07, 6.45) is 0.806. The minimum absolute atomic E-state index is 0.0235. The van der Waals surface area contributed by atoms with Crippen LogP contribution in [-0.4, -0.2) is 11.8 Å². The predicted octanol–water partition coefficient (Wildman–Crippen LogP) is 3.57. The number of anilines is 1. The third-order valence-corrected chi connectivity index (χ3v) is 3.93. The summed E-state index contributed by atoms with van der Waals surface area (Å²) in [6.45, 7) is 1.53. The number of rotatable bonds is 5. The summed E-state index contributed by atoms with van der Waals surface area (Å²) in [5.74, 6) is -1.58. The van der Waals surface area contributed by atoms with Gasteiger partial charge in [0, 0.05) is 27.7 Å². The largest absolute Gasteiger partial charge is 0.366 e. The van der Waals surface area contributed by atoms with Crippen LogP contribution in [0.4, 0.5) is 10.1 Å². The Morgan fingerprint density at radius 3 is 2.65 bits per heavy atom. The summed E-state index contributed by atoms with van der Waals surface area (Å²) in [7, 11) is 0. The van der Waals surface area contributed by atoms with Crippen LogP contribution in [0.1, 0.15) is 27.9 Å². The number of nitrogens with two attached hydrogens (primary N) is 1. The molecule has 120 valence electrons. The van der Waals surface area contributed by atoms with Gasteiger partial charge in [-0.1, -0.05) is 28.1 Å². The van der Waals surface area contributed by atoms with Gasteiger partial charge in [0.05, 0.1) is 0 Å². The summed E-state index contributed by atoms with van der Waals surface area (Å²) in [6, 6.07) is 10.1. The molecule has 3 N–H and O–H groups in total. The summed E-state index contributed by atoms with van der Waals surface area (Å²) < 4.78 is 14.7. The number of aryl methyl sites for hydroxylation is 1. The van der Waals surface area contributed by atoms with Gasteiger partial charge in [0.25, 0.3) is 0 Å². The molecule has 0 bridgehead atoms. The first-order valence-electron chi connectivity index (χ1n) is 7.01. The predicted molar refractivity (Wildman–Crippen MR) is 90.7 cm³/mol. The molecule has 2 amide bonds. The van der Waals surface area contributed by atoms with Crippen molar-refractivity contribution < 1.29 is 14.0 Å². The van der Waals surface area contributed by atoms with Crippen LogP contribution < -0.4 is 11.1 Å². The topological polar surface area (TPSA) is 72.2 Å². The molecule has 0 unspecified atom stereocenters. The molecule has 0 spiro atoms. The van der Waals surface area contributed by atoms with Gasteiger partial charge in [0.1, 0.15) is 5.82 Å². The minimum Gasteiger partial charge on any atom is -0.366 e. The van der Waals surface area contributed by atoms with Crippen molar-refractivity contribution in [2.24, 2.45) is 5.73 Å². The van der Waals surface area contributed by atoms with Crippen LogP contribution in [0.15, 0.2) is 40.9 Å². The average molecular weight is 379 g/mol. The number of benzene rings is 2. The van der Waals surface area contributed by atoms with Crippen molar-refractivity contribution in [1.82, 2.24) is 0 Å². The Morgan fingerprint density at radius 2 is 2.00 bits per heavy atom. The van der Waals surface area contributed by atoms with Gasteiger partial charge in [0.2, 0.25) is 11.8 Å². The van der Waals surface area contributed by atoms with Crippen LogP contribution in [0.25, 0.3) is 0 Å². The molecule has 4 nitrogen and oxygen atoms in total. The van der Waals surface area contributed by atoms with Crippen molar-refractivity contribution in [2.45, 2.75) is 19.8 Å². The van der Waals surface area contributed by atoms with Gasteiger partial charge in [-0.25, -0.2) is 4.39 Å². The zero-order valence-electron chi connectivity index (χ0n) is 12.5. The molecule has 0 fully saturated rings. The average Bonchev–Trinajstić information content (AvgIpc) is 2.49.